The molecule has 1 saturated carbocycles. The Balaban J connectivity index is 1.81. The molecule has 3 rings (SSSR count). The van der Waals surface area contributed by atoms with Crippen LogP contribution in [0.3, 0.4) is 0 Å². The molecule has 3 atom stereocenters. The Morgan fingerprint density at radius 1 is 1.15 bits per heavy atom. The van der Waals surface area contributed by atoms with Crippen molar-refractivity contribution in [2.24, 2.45) is 5.92 Å². The summed E-state index contributed by atoms with van der Waals surface area (Å²) in [5, 5.41) is 0. The Hall–Kier alpha value is -1.06. The van der Waals surface area contributed by atoms with Gasteiger partial charge in [0.25, 0.3) is 0 Å². The zero-order chi connectivity index (χ0) is 14.3. The Bertz CT molecular complexity index is 405. The minimum absolute atomic E-state index is 0.166. The summed E-state index contributed by atoms with van der Waals surface area (Å²) in [7, 11) is 0. The van der Waals surface area contributed by atoms with Gasteiger partial charge in [-0.3, -0.25) is 9.59 Å². The molecule has 3 unspecified atom stereocenters. The van der Waals surface area contributed by atoms with E-state index in [9.17, 15) is 9.59 Å². The number of hydrogen-bond donors (Lipinski definition) is 0. The molecule has 2 heterocycles. The molecule has 3 fully saturated rings. The molecule has 3 aliphatic rings. The molecular formula is C16H26N2O2. The van der Waals surface area contributed by atoms with Crippen molar-refractivity contribution >= 4 is 11.8 Å². The number of fused-ring (bicyclic) bond motifs is 1. The number of nitrogens with zero attached hydrogens (tertiary/aromatic N) is 2. The highest BCUT2D eigenvalue weighted by Gasteiger charge is 2.47. The molecule has 0 N–H and O–H groups in total. The maximum absolute atomic E-state index is 12.8. The van der Waals surface area contributed by atoms with E-state index in [1.54, 1.807) is 0 Å². The molecule has 0 aromatic rings. The molecule has 1 aliphatic carbocycles. The van der Waals surface area contributed by atoms with Crippen LogP contribution in [0.25, 0.3) is 0 Å². The minimum atomic E-state index is -0.217. The Morgan fingerprint density at radius 2 is 1.90 bits per heavy atom. The van der Waals surface area contributed by atoms with Crippen LogP contribution in [0.5, 0.6) is 0 Å². The summed E-state index contributed by atoms with van der Waals surface area (Å²) >= 11 is 0. The summed E-state index contributed by atoms with van der Waals surface area (Å²) in [5.41, 5.74) is 0. The predicted octanol–water partition coefficient (Wildman–Crippen LogP) is 2.18. The number of carbonyl (C=O) groups excluding carboxylic acids is 2. The van der Waals surface area contributed by atoms with Crippen LogP contribution in [0.15, 0.2) is 0 Å². The zero-order valence-corrected chi connectivity index (χ0v) is 12.7. The van der Waals surface area contributed by atoms with E-state index in [1.807, 2.05) is 16.7 Å². The summed E-state index contributed by atoms with van der Waals surface area (Å²) < 4.78 is 0. The number of piperidine rings is 1. The first kappa shape index (κ1) is 13.9. The molecule has 0 radical (unpaired) electrons. The van der Waals surface area contributed by atoms with Crippen molar-refractivity contribution in [2.75, 3.05) is 6.54 Å². The molecule has 4 heteroatoms. The molecule has 2 aliphatic heterocycles. The van der Waals surface area contributed by atoms with Crippen molar-refractivity contribution in [1.82, 2.24) is 9.80 Å². The van der Waals surface area contributed by atoms with Gasteiger partial charge in [-0.15, -0.1) is 0 Å². The summed E-state index contributed by atoms with van der Waals surface area (Å²) in [6, 6.07) is -0.167. The molecule has 112 valence electrons. The fraction of sp³-hybridized carbons (Fsp3) is 0.875. The second-order valence-corrected chi connectivity index (χ2v) is 6.74. The van der Waals surface area contributed by atoms with Crippen LogP contribution in [0, 0.1) is 5.92 Å². The second-order valence-electron chi connectivity index (χ2n) is 6.74. The first-order chi connectivity index (χ1) is 9.63. The lowest BCUT2D eigenvalue weighted by molar-refractivity contribution is -0.166. The van der Waals surface area contributed by atoms with E-state index < -0.39 is 0 Å². The molecule has 0 spiro atoms. The van der Waals surface area contributed by atoms with Crippen LogP contribution in [0.1, 0.15) is 58.8 Å². The normalized spacial score (nSPS) is 32.3. The molecular weight excluding hydrogens is 252 g/mol. The lowest BCUT2D eigenvalue weighted by Gasteiger charge is -2.49. The van der Waals surface area contributed by atoms with Crippen molar-refractivity contribution in [3.05, 3.63) is 0 Å². The largest absolute Gasteiger partial charge is 0.329 e. The fourth-order valence-corrected chi connectivity index (χ4v) is 3.93. The van der Waals surface area contributed by atoms with Gasteiger partial charge in [0.05, 0.1) is 0 Å². The van der Waals surface area contributed by atoms with Gasteiger partial charge in [-0.05, 0) is 44.9 Å². The number of hydrogen-bond acceptors (Lipinski definition) is 2. The highest BCUT2D eigenvalue weighted by Crippen LogP contribution is 2.37. The monoisotopic (exact) mass is 278 g/mol. The summed E-state index contributed by atoms with van der Waals surface area (Å²) in [6.07, 6.45) is 7.38. The molecule has 0 aromatic heterocycles. The van der Waals surface area contributed by atoms with Crippen LogP contribution < -0.4 is 0 Å². The van der Waals surface area contributed by atoms with E-state index in [1.165, 1.54) is 12.8 Å². The smallest absolute Gasteiger partial charge is 0.246 e. The molecule has 20 heavy (non-hydrogen) atoms. The van der Waals surface area contributed by atoms with Crippen molar-refractivity contribution < 1.29 is 9.59 Å². The van der Waals surface area contributed by atoms with Gasteiger partial charge < -0.3 is 9.80 Å². The van der Waals surface area contributed by atoms with Crippen LogP contribution in [0.4, 0.5) is 0 Å². The molecule has 0 aromatic carbocycles. The van der Waals surface area contributed by atoms with Gasteiger partial charge in [0.15, 0.2) is 0 Å². The Labute approximate surface area is 121 Å². The van der Waals surface area contributed by atoms with Crippen molar-refractivity contribution in [3.8, 4) is 0 Å². The van der Waals surface area contributed by atoms with E-state index in [2.05, 4.69) is 6.92 Å². The quantitative estimate of drug-likeness (QED) is 0.791. The Morgan fingerprint density at radius 3 is 2.55 bits per heavy atom. The van der Waals surface area contributed by atoms with Gasteiger partial charge >= 0.3 is 0 Å². The van der Waals surface area contributed by atoms with E-state index in [-0.39, 0.29) is 29.9 Å². The standard InChI is InChI=1S/C16H26N2O2/c1-3-13-15(19)17-9-5-4-6-14(17)16(20)18(13)11(2)10-12-7-8-12/h11-14H,3-10H2,1-2H3. The van der Waals surface area contributed by atoms with E-state index in [0.717, 1.165) is 44.6 Å². The van der Waals surface area contributed by atoms with Crippen LogP contribution in [0.2, 0.25) is 0 Å². The van der Waals surface area contributed by atoms with Gasteiger partial charge in [0, 0.05) is 12.6 Å². The van der Waals surface area contributed by atoms with Crippen LogP contribution in [-0.2, 0) is 9.59 Å². The average molecular weight is 278 g/mol. The van der Waals surface area contributed by atoms with Gasteiger partial charge in [-0.1, -0.05) is 19.8 Å². The maximum atomic E-state index is 12.8. The summed E-state index contributed by atoms with van der Waals surface area (Å²) in [5.74, 6) is 1.19. The first-order valence-corrected chi connectivity index (χ1v) is 8.26. The summed E-state index contributed by atoms with van der Waals surface area (Å²) in [6.45, 7) is 4.93. The number of amides is 2. The molecule has 2 amide bonds. The van der Waals surface area contributed by atoms with Crippen molar-refractivity contribution in [3.63, 3.8) is 0 Å². The molecule has 4 nitrogen and oxygen atoms in total. The predicted molar refractivity (Wildman–Crippen MR) is 77.1 cm³/mol. The van der Waals surface area contributed by atoms with Gasteiger partial charge in [0.1, 0.15) is 12.1 Å². The Kier molecular flexibility index (Phi) is 3.74. The third-order valence-electron chi connectivity index (χ3n) is 5.18. The first-order valence-electron chi connectivity index (χ1n) is 8.26. The molecule has 2 saturated heterocycles. The number of rotatable bonds is 4. The lowest BCUT2D eigenvalue weighted by Crippen LogP contribution is -2.67. The molecule has 0 bridgehead atoms. The van der Waals surface area contributed by atoms with E-state index in [4.69, 9.17) is 0 Å². The van der Waals surface area contributed by atoms with Gasteiger partial charge in [-0.2, -0.15) is 0 Å². The van der Waals surface area contributed by atoms with Crippen LogP contribution >= 0.6 is 0 Å². The third-order valence-corrected chi connectivity index (χ3v) is 5.18. The highest BCUT2D eigenvalue weighted by atomic mass is 16.2. The number of piperazine rings is 1. The third kappa shape index (κ3) is 2.33. The van der Waals surface area contributed by atoms with E-state index in [0.29, 0.717) is 0 Å². The van der Waals surface area contributed by atoms with Crippen molar-refractivity contribution in [1.29, 1.82) is 0 Å². The van der Waals surface area contributed by atoms with Gasteiger partial charge in [-0.25, -0.2) is 0 Å². The van der Waals surface area contributed by atoms with E-state index >= 15 is 0 Å². The number of carbonyl (C=O) groups is 2. The second kappa shape index (κ2) is 5.38. The highest BCUT2D eigenvalue weighted by molar-refractivity contribution is 5.97. The van der Waals surface area contributed by atoms with Crippen LogP contribution in [-0.4, -0.2) is 46.3 Å². The van der Waals surface area contributed by atoms with Crippen molar-refractivity contribution in [2.45, 2.75) is 76.9 Å². The fourth-order valence-electron chi connectivity index (χ4n) is 3.93. The zero-order valence-electron chi connectivity index (χ0n) is 12.7. The SMILES string of the molecule is CCC1C(=O)N2CCCCC2C(=O)N1C(C)CC1CC1. The topological polar surface area (TPSA) is 40.6 Å². The minimum Gasteiger partial charge on any atom is -0.329 e. The maximum Gasteiger partial charge on any atom is 0.246 e. The van der Waals surface area contributed by atoms with Gasteiger partial charge in [0.2, 0.25) is 11.8 Å². The average Bonchev–Trinajstić information content (AvgIpc) is 3.26. The summed E-state index contributed by atoms with van der Waals surface area (Å²) in [4.78, 5) is 29.3. The lowest BCUT2D eigenvalue weighted by atomic mass is 9.92.